The summed E-state index contributed by atoms with van der Waals surface area (Å²) in [4.78, 5) is 2.62. The zero-order valence-electron chi connectivity index (χ0n) is 13.5. The molecule has 2 rings (SSSR count). The fraction of sp³-hybridized carbons (Fsp3) is 0.786. The van der Waals surface area contributed by atoms with Crippen molar-refractivity contribution in [1.29, 1.82) is 0 Å². The third-order valence-electron chi connectivity index (χ3n) is 4.13. The van der Waals surface area contributed by atoms with Crippen molar-refractivity contribution in [2.45, 2.75) is 38.0 Å². The van der Waals surface area contributed by atoms with E-state index in [1.807, 2.05) is 27.9 Å². The van der Waals surface area contributed by atoms with Crippen LogP contribution in [0.15, 0.2) is 4.90 Å². The molecule has 1 aromatic rings. The maximum Gasteiger partial charge on any atom is 0.246 e. The number of hydrogen-bond donors (Lipinski definition) is 0. The third-order valence-corrected chi connectivity index (χ3v) is 6.16. The van der Waals surface area contributed by atoms with Crippen LogP contribution < -0.4 is 0 Å². The number of likely N-dealkylation sites (N-methyl/N-ethyl adjacent to an activating group) is 1. The van der Waals surface area contributed by atoms with Crippen LogP contribution in [0.5, 0.6) is 0 Å². The van der Waals surface area contributed by atoms with Crippen LogP contribution in [-0.2, 0) is 29.9 Å². The van der Waals surface area contributed by atoms with Gasteiger partial charge < -0.3 is 4.90 Å². The van der Waals surface area contributed by atoms with E-state index in [4.69, 9.17) is 0 Å². The van der Waals surface area contributed by atoms with Gasteiger partial charge in [0.25, 0.3) is 0 Å². The molecule has 0 bridgehead atoms. The number of rotatable bonds is 4. The number of sulfonamides is 1. The van der Waals surface area contributed by atoms with Gasteiger partial charge in [-0.1, -0.05) is 13.8 Å². The molecule has 6 nitrogen and oxygen atoms in total. The lowest BCUT2D eigenvalue weighted by molar-refractivity contribution is 0.347. The van der Waals surface area contributed by atoms with Gasteiger partial charge in [0.1, 0.15) is 4.90 Å². The smallest absolute Gasteiger partial charge is 0.246 e. The van der Waals surface area contributed by atoms with Crippen LogP contribution in [0, 0.1) is 0 Å². The quantitative estimate of drug-likeness (QED) is 0.827. The van der Waals surface area contributed by atoms with Gasteiger partial charge in [0.2, 0.25) is 10.0 Å². The summed E-state index contributed by atoms with van der Waals surface area (Å²) in [6.45, 7) is 6.80. The summed E-state index contributed by atoms with van der Waals surface area (Å²) in [5, 5.41) is 4.40. The second-order valence-corrected chi connectivity index (χ2v) is 7.49. The number of hydrogen-bond acceptors (Lipinski definition) is 4. The summed E-state index contributed by atoms with van der Waals surface area (Å²) in [6.07, 6.45) is 2.18. The first-order valence-electron chi connectivity index (χ1n) is 7.65. The van der Waals surface area contributed by atoms with Crippen molar-refractivity contribution < 1.29 is 8.42 Å². The highest BCUT2D eigenvalue weighted by Crippen LogP contribution is 2.25. The molecule has 1 saturated heterocycles. The molecular formula is C14H26N4O2S. The van der Waals surface area contributed by atoms with Crippen LogP contribution in [0.2, 0.25) is 0 Å². The molecule has 1 aromatic heterocycles. The number of nitrogens with zero attached hydrogens (tertiary/aromatic N) is 4. The van der Waals surface area contributed by atoms with E-state index in [-0.39, 0.29) is 0 Å². The Hall–Kier alpha value is -0.920. The van der Waals surface area contributed by atoms with E-state index < -0.39 is 10.0 Å². The Morgan fingerprint density at radius 1 is 1.05 bits per heavy atom. The molecule has 1 fully saturated rings. The first-order chi connectivity index (χ1) is 9.91. The van der Waals surface area contributed by atoms with Crippen LogP contribution >= 0.6 is 0 Å². The van der Waals surface area contributed by atoms with E-state index in [2.05, 4.69) is 10.00 Å². The molecule has 1 aliphatic rings. The Kier molecular flexibility index (Phi) is 5.06. The van der Waals surface area contributed by atoms with E-state index in [1.165, 1.54) is 0 Å². The lowest BCUT2D eigenvalue weighted by atomic mass is 10.2. The zero-order chi connectivity index (χ0) is 15.6. The predicted molar refractivity (Wildman–Crippen MR) is 82.8 cm³/mol. The molecule has 0 amide bonds. The standard InChI is InChI=1S/C14H26N4O2S/c1-5-12-14(13(6-2)17(4)15-12)21(19,20)18-9-7-8-16(3)10-11-18/h5-11H2,1-4H3. The summed E-state index contributed by atoms with van der Waals surface area (Å²) in [6, 6.07) is 0. The maximum absolute atomic E-state index is 13.1. The second kappa shape index (κ2) is 6.46. The molecule has 0 N–H and O–H groups in total. The van der Waals surface area contributed by atoms with Crippen LogP contribution in [0.3, 0.4) is 0 Å². The highest BCUT2D eigenvalue weighted by atomic mass is 32.2. The first kappa shape index (κ1) is 16.5. The minimum Gasteiger partial charge on any atom is -0.305 e. The van der Waals surface area contributed by atoms with Gasteiger partial charge in [0.15, 0.2) is 0 Å². The molecule has 0 aliphatic carbocycles. The van der Waals surface area contributed by atoms with Crippen molar-refractivity contribution in [2.75, 3.05) is 33.2 Å². The molecule has 7 heteroatoms. The Bertz CT molecular complexity index is 594. The first-order valence-corrected chi connectivity index (χ1v) is 9.09. The van der Waals surface area contributed by atoms with E-state index in [0.29, 0.717) is 36.5 Å². The van der Waals surface area contributed by atoms with Gasteiger partial charge >= 0.3 is 0 Å². The minimum absolute atomic E-state index is 0.444. The fourth-order valence-corrected chi connectivity index (χ4v) is 4.92. The van der Waals surface area contributed by atoms with Gasteiger partial charge in [-0.05, 0) is 32.9 Å². The van der Waals surface area contributed by atoms with Crippen LogP contribution in [0.4, 0.5) is 0 Å². The van der Waals surface area contributed by atoms with Gasteiger partial charge in [0.05, 0.1) is 11.4 Å². The Morgan fingerprint density at radius 2 is 1.76 bits per heavy atom. The lowest BCUT2D eigenvalue weighted by Gasteiger charge is -2.21. The van der Waals surface area contributed by atoms with Crippen molar-refractivity contribution in [3.8, 4) is 0 Å². The van der Waals surface area contributed by atoms with Crippen LogP contribution in [-0.4, -0.2) is 60.6 Å². The minimum atomic E-state index is -3.45. The van der Waals surface area contributed by atoms with Crippen molar-refractivity contribution in [3.05, 3.63) is 11.4 Å². The zero-order valence-corrected chi connectivity index (χ0v) is 14.3. The van der Waals surface area contributed by atoms with Crippen LogP contribution in [0.25, 0.3) is 0 Å². The van der Waals surface area contributed by atoms with E-state index >= 15 is 0 Å². The molecule has 120 valence electrons. The number of aromatic nitrogens is 2. The Balaban J connectivity index is 2.43. The van der Waals surface area contributed by atoms with E-state index in [1.54, 1.807) is 8.99 Å². The van der Waals surface area contributed by atoms with Crippen molar-refractivity contribution in [3.63, 3.8) is 0 Å². The normalized spacial score (nSPS) is 18.9. The van der Waals surface area contributed by atoms with Crippen molar-refractivity contribution >= 4 is 10.0 Å². The highest BCUT2D eigenvalue weighted by molar-refractivity contribution is 7.89. The van der Waals surface area contributed by atoms with Gasteiger partial charge in [-0.25, -0.2) is 8.42 Å². The third kappa shape index (κ3) is 3.14. The molecule has 0 atom stereocenters. The van der Waals surface area contributed by atoms with Crippen LogP contribution in [0.1, 0.15) is 31.7 Å². The molecule has 1 aliphatic heterocycles. The Labute approximate surface area is 127 Å². The molecular weight excluding hydrogens is 288 g/mol. The summed E-state index contributed by atoms with van der Waals surface area (Å²) >= 11 is 0. The molecule has 2 heterocycles. The lowest BCUT2D eigenvalue weighted by Crippen LogP contribution is -2.35. The largest absolute Gasteiger partial charge is 0.305 e. The molecule has 0 saturated carbocycles. The van der Waals surface area contributed by atoms with E-state index in [9.17, 15) is 8.42 Å². The molecule has 0 radical (unpaired) electrons. The maximum atomic E-state index is 13.1. The fourth-order valence-electron chi connectivity index (χ4n) is 2.91. The van der Waals surface area contributed by atoms with Gasteiger partial charge in [-0.2, -0.15) is 9.40 Å². The molecule has 0 spiro atoms. The van der Waals surface area contributed by atoms with Gasteiger partial charge in [-0.3, -0.25) is 4.68 Å². The second-order valence-electron chi connectivity index (χ2n) is 5.61. The topological polar surface area (TPSA) is 58.4 Å². The molecule has 21 heavy (non-hydrogen) atoms. The average Bonchev–Trinajstić information content (AvgIpc) is 2.61. The predicted octanol–water partition coefficient (Wildman–Crippen LogP) is 0.871. The molecule has 0 aromatic carbocycles. The average molecular weight is 314 g/mol. The SMILES string of the molecule is CCc1nn(C)c(CC)c1S(=O)(=O)N1CCCN(C)CC1. The monoisotopic (exact) mass is 314 g/mol. The Morgan fingerprint density at radius 3 is 2.38 bits per heavy atom. The molecule has 0 unspecified atom stereocenters. The van der Waals surface area contributed by atoms with E-state index in [0.717, 1.165) is 25.2 Å². The summed E-state index contributed by atoms with van der Waals surface area (Å²) in [7, 11) is 0.413. The van der Waals surface area contributed by atoms with Crippen molar-refractivity contribution in [2.24, 2.45) is 7.05 Å². The summed E-state index contributed by atoms with van der Waals surface area (Å²) in [5.74, 6) is 0. The van der Waals surface area contributed by atoms with Gasteiger partial charge in [-0.15, -0.1) is 0 Å². The number of aryl methyl sites for hydroxylation is 2. The summed E-state index contributed by atoms with van der Waals surface area (Å²) < 4.78 is 29.5. The summed E-state index contributed by atoms with van der Waals surface area (Å²) in [5.41, 5.74) is 1.50. The van der Waals surface area contributed by atoms with Crippen molar-refractivity contribution in [1.82, 2.24) is 19.0 Å². The highest BCUT2D eigenvalue weighted by Gasteiger charge is 2.32. The van der Waals surface area contributed by atoms with Gasteiger partial charge in [0, 0.05) is 26.7 Å².